The van der Waals surface area contributed by atoms with E-state index in [0.29, 0.717) is 19.4 Å². The molecule has 15 heavy (non-hydrogen) atoms. The highest BCUT2D eigenvalue weighted by molar-refractivity contribution is 9.10. The molecular formula is C10H11BrF3N. The third-order valence-corrected chi connectivity index (χ3v) is 2.77. The van der Waals surface area contributed by atoms with Crippen molar-refractivity contribution in [2.24, 2.45) is 5.73 Å². The van der Waals surface area contributed by atoms with Crippen LogP contribution in [0.5, 0.6) is 0 Å². The van der Waals surface area contributed by atoms with Crippen molar-refractivity contribution in [2.45, 2.75) is 19.3 Å². The summed E-state index contributed by atoms with van der Waals surface area (Å²) in [5.74, 6) is -2.95. The van der Waals surface area contributed by atoms with Gasteiger partial charge in [0, 0.05) is 0 Å². The number of hydrogen-bond donors (Lipinski definition) is 1. The molecule has 0 radical (unpaired) electrons. The first-order valence-electron chi connectivity index (χ1n) is 4.60. The number of halogens is 4. The van der Waals surface area contributed by atoms with Crippen LogP contribution in [0.3, 0.4) is 0 Å². The molecule has 1 aromatic carbocycles. The summed E-state index contributed by atoms with van der Waals surface area (Å²) in [5.41, 5.74) is 5.45. The smallest absolute Gasteiger partial charge is 0.175 e. The molecule has 0 bridgehead atoms. The zero-order valence-electron chi connectivity index (χ0n) is 7.99. The van der Waals surface area contributed by atoms with Crippen LogP contribution in [-0.2, 0) is 6.42 Å². The van der Waals surface area contributed by atoms with E-state index in [1.807, 2.05) is 0 Å². The molecule has 0 aliphatic heterocycles. The van der Waals surface area contributed by atoms with Gasteiger partial charge in [0.15, 0.2) is 11.6 Å². The lowest BCUT2D eigenvalue weighted by molar-refractivity contribution is 0.481. The molecule has 0 aromatic heterocycles. The van der Waals surface area contributed by atoms with Crippen molar-refractivity contribution < 1.29 is 13.2 Å². The number of unbranched alkanes of at least 4 members (excludes halogenated alkanes) is 1. The molecule has 0 unspecified atom stereocenters. The van der Waals surface area contributed by atoms with Crippen molar-refractivity contribution in [3.05, 3.63) is 33.6 Å². The van der Waals surface area contributed by atoms with Crippen LogP contribution in [0.1, 0.15) is 18.4 Å². The standard InChI is InChI=1S/C10H11BrF3N/c11-8-9(13)6(3-1-2-4-15)5-7(12)10(8)14/h5H,1-4,15H2. The lowest BCUT2D eigenvalue weighted by Crippen LogP contribution is -2.02. The number of benzene rings is 1. The average Bonchev–Trinajstić information content (AvgIpc) is 2.23. The average molecular weight is 282 g/mol. The second kappa shape index (κ2) is 5.51. The lowest BCUT2D eigenvalue weighted by Gasteiger charge is -2.06. The van der Waals surface area contributed by atoms with Crippen LogP contribution in [0, 0.1) is 17.5 Å². The molecule has 5 heteroatoms. The van der Waals surface area contributed by atoms with E-state index in [0.717, 1.165) is 12.5 Å². The van der Waals surface area contributed by atoms with Crippen LogP contribution in [0.15, 0.2) is 10.5 Å². The zero-order valence-corrected chi connectivity index (χ0v) is 9.58. The summed E-state index contributed by atoms with van der Waals surface area (Å²) < 4.78 is 38.8. The Morgan fingerprint density at radius 3 is 2.40 bits per heavy atom. The molecule has 0 fully saturated rings. The van der Waals surface area contributed by atoms with E-state index in [2.05, 4.69) is 15.9 Å². The van der Waals surface area contributed by atoms with Crippen LogP contribution in [0.25, 0.3) is 0 Å². The molecule has 0 amide bonds. The Labute approximate surface area is 94.6 Å². The minimum Gasteiger partial charge on any atom is -0.330 e. The minimum absolute atomic E-state index is 0.175. The highest BCUT2D eigenvalue weighted by Crippen LogP contribution is 2.26. The van der Waals surface area contributed by atoms with Gasteiger partial charge in [-0.3, -0.25) is 0 Å². The number of nitrogens with two attached hydrogens (primary N) is 1. The summed E-state index contributed by atoms with van der Waals surface area (Å²) >= 11 is 2.68. The van der Waals surface area contributed by atoms with Gasteiger partial charge >= 0.3 is 0 Å². The number of rotatable bonds is 4. The Hall–Kier alpha value is -0.550. The Morgan fingerprint density at radius 1 is 1.13 bits per heavy atom. The van der Waals surface area contributed by atoms with Gasteiger partial charge in [-0.05, 0) is 53.4 Å². The fourth-order valence-corrected chi connectivity index (χ4v) is 1.71. The molecule has 0 aliphatic rings. The van der Waals surface area contributed by atoms with Crippen molar-refractivity contribution in [3.63, 3.8) is 0 Å². The summed E-state index contributed by atoms with van der Waals surface area (Å²) in [4.78, 5) is 0. The fraction of sp³-hybridized carbons (Fsp3) is 0.400. The maximum atomic E-state index is 13.4. The van der Waals surface area contributed by atoms with E-state index < -0.39 is 21.9 Å². The van der Waals surface area contributed by atoms with E-state index in [-0.39, 0.29) is 5.56 Å². The zero-order chi connectivity index (χ0) is 11.4. The van der Waals surface area contributed by atoms with Gasteiger partial charge in [0.05, 0.1) is 4.47 Å². The molecule has 1 aromatic rings. The van der Waals surface area contributed by atoms with Gasteiger partial charge in [0.2, 0.25) is 0 Å². The Morgan fingerprint density at radius 2 is 1.80 bits per heavy atom. The Kier molecular flexibility index (Phi) is 4.60. The van der Waals surface area contributed by atoms with Crippen molar-refractivity contribution in [3.8, 4) is 0 Å². The van der Waals surface area contributed by atoms with Gasteiger partial charge in [-0.25, -0.2) is 13.2 Å². The highest BCUT2D eigenvalue weighted by atomic mass is 79.9. The van der Waals surface area contributed by atoms with Gasteiger partial charge in [0.1, 0.15) is 5.82 Å². The topological polar surface area (TPSA) is 26.0 Å². The Balaban J connectivity index is 2.89. The lowest BCUT2D eigenvalue weighted by atomic mass is 10.1. The normalized spacial score (nSPS) is 10.7. The molecule has 1 rings (SSSR count). The quantitative estimate of drug-likeness (QED) is 0.512. The SMILES string of the molecule is NCCCCc1cc(F)c(F)c(Br)c1F. The second-order valence-electron chi connectivity index (χ2n) is 3.21. The largest absolute Gasteiger partial charge is 0.330 e. The molecule has 0 saturated carbocycles. The maximum Gasteiger partial charge on any atom is 0.175 e. The van der Waals surface area contributed by atoms with E-state index >= 15 is 0 Å². The molecule has 2 N–H and O–H groups in total. The van der Waals surface area contributed by atoms with Gasteiger partial charge in [0.25, 0.3) is 0 Å². The maximum absolute atomic E-state index is 13.4. The molecule has 84 valence electrons. The number of aryl methyl sites for hydroxylation is 1. The van der Waals surface area contributed by atoms with Gasteiger partial charge in [-0.2, -0.15) is 0 Å². The van der Waals surface area contributed by atoms with Crippen molar-refractivity contribution >= 4 is 15.9 Å². The van der Waals surface area contributed by atoms with E-state index in [1.54, 1.807) is 0 Å². The van der Waals surface area contributed by atoms with Crippen LogP contribution in [-0.4, -0.2) is 6.54 Å². The molecule has 0 atom stereocenters. The van der Waals surface area contributed by atoms with Crippen molar-refractivity contribution in [1.29, 1.82) is 0 Å². The monoisotopic (exact) mass is 281 g/mol. The first-order chi connectivity index (χ1) is 7.07. The Bertz CT molecular complexity index is 355. The summed E-state index contributed by atoms with van der Waals surface area (Å²) in [6.45, 7) is 0.506. The third-order valence-electron chi connectivity index (χ3n) is 2.08. The molecule has 0 spiro atoms. The van der Waals surface area contributed by atoms with Crippen LogP contribution < -0.4 is 5.73 Å². The summed E-state index contributed by atoms with van der Waals surface area (Å²) in [6.07, 6.45) is 1.75. The first kappa shape index (κ1) is 12.5. The van der Waals surface area contributed by atoms with Crippen molar-refractivity contribution in [2.75, 3.05) is 6.54 Å². The van der Waals surface area contributed by atoms with E-state index in [9.17, 15) is 13.2 Å². The van der Waals surface area contributed by atoms with Gasteiger partial charge < -0.3 is 5.73 Å². The molecular weight excluding hydrogens is 271 g/mol. The highest BCUT2D eigenvalue weighted by Gasteiger charge is 2.15. The minimum atomic E-state index is -1.19. The predicted molar refractivity (Wildman–Crippen MR) is 56.0 cm³/mol. The number of hydrogen-bond acceptors (Lipinski definition) is 1. The van der Waals surface area contributed by atoms with Crippen LogP contribution >= 0.6 is 15.9 Å². The first-order valence-corrected chi connectivity index (χ1v) is 5.39. The third kappa shape index (κ3) is 2.95. The van der Waals surface area contributed by atoms with Crippen LogP contribution in [0.4, 0.5) is 13.2 Å². The molecule has 1 nitrogen and oxygen atoms in total. The molecule has 0 aliphatic carbocycles. The van der Waals surface area contributed by atoms with Crippen molar-refractivity contribution in [1.82, 2.24) is 0 Å². The molecule has 0 heterocycles. The predicted octanol–water partition coefficient (Wildman–Crippen LogP) is 3.15. The summed E-state index contributed by atoms with van der Waals surface area (Å²) in [5, 5.41) is 0. The van der Waals surface area contributed by atoms with Gasteiger partial charge in [-0.15, -0.1) is 0 Å². The summed E-state index contributed by atoms with van der Waals surface area (Å²) in [7, 11) is 0. The van der Waals surface area contributed by atoms with Crippen LogP contribution in [0.2, 0.25) is 0 Å². The van der Waals surface area contributed by atoms with E-state index in [1.165, 1.54) is 0 Å². The summed E-state index contributed by atoms with van der Waals surface area (Å²) in [6, 6.07) is 0.895. The fourth-order valence-electron chi connectivity index (χ4n) is 1.26. The van der Waals surface area contributed by atoms with Gasteiger partial charge in [-0.1, -0.05) is 0 Å². The second-order valence-corrected chi connectivity index (χ2v) is 4.00. The molecule has 0 saturated heterocycles. The van der Waals surface area contributed by atoms with E-state index in [4.69, 9.17) is 5.73 Å².